The molecule has 0 fully saturated rings. The molecule has 0 aliphatic carbocycles. The summed E-state index contributed by atoms with van der Waals surface area (Å²) >= 11 is 0. The predicted octanol–water partition coefficient (Wildman–Crippen LogP) is 7.98. The highest BCUT2D eigenvalue weighted by Crippen LogP contribution is 2.19. The van der Waals surface area contributed by atoms with Crippen LogP contribution in [0.4, 0.5) is 0 Å². The number of nitrogens with zero attached hydrogens (tertiary/aromatic N) is 1. The van der Waals surface area contributed by atoms with Crippen LogP contribution in [-0.4, -0.2) is 50.2 Å². The predicted molar refractivity (Wildman–Crippen MR) is 159 cm³/mol. The molecule has 0 radical (unpaired) electrons. The van der Waals surface area contributed by atoms with Gasteiger partial charge < -0.3 is 19.1 Å². The van der Waals surface area contributed by atoms with Gasteiger partial charge in [0.05, 0.1) is 21.1 Å². The number of carboxylic acid groups (broad SMARTS) is 1. The first-order chi connectivity index (χ1) is 18.1. The monoisotopic (exact) mass is 539 g/mol. The number of carbonyl (C=O) groups excluding carboxylic acids is 2. The second-order valence-electron chi connectivity index (χ2n) is 13.0. The summed E-state index contributed by atoms with van der Waals surface area (Å²) in [5.74, 6) is -0.758. The quantitative estimate of drug-likeness (QED) is 0.0574. The van der Waals surface area contributed by atoms with E-state index in [4.69, 9.17) is 4.74 Å². The van der Waals surface area contributed by atoms with E-state index in [2.05, 4.69) is 13.8 Å². The molecule has 2 atom stereocenters. The van der Waals surface area contributed by atoms with Crippen molar-refractivity contribution in [2.24, 2.45) is 5.92 Å². The van der Waals surface area contributed by atoms with Crippen molar-refractivity contribution in [1.82, 2.24) is 0 Å². The lowest BCUT2D eigenvalue weighted by Gasteiger charge is -2.29. The minimum Gasteiger partial charge on any atom is -0.550 e. The Labute approximate surface area is 237 Å². The Bertz CT molecular complexity index is 558. The van der Waals surface area contributed by atoms with E-state index in [1.54, 1.807) is 0 Å². The fourth-order valence-electron chi connectivity index (χ4n) is 5.31. The Morgan fingerprint density at radius 1 is 0.658 bits per heavy atom. The van der Waals surface area contributed by atoms with Crippen LogP contribution in [0.15, 0.2) is 0 Å². The molecule has 0 spiro atoms. The lowest BCUT2D eigenvalue weighted by molar-refractivity contribution is -0.873. The highest BCUT2D eigenvalue weighted by molar-refractivity contribution is 5.70. The van der Waals surface area contributed by atoms with Crippen molar-refractivity contribution in [1.29, 1.82) is 0 Å². The molecule has 0 heterocycles. The lowest BCUT2D eigenvalue weighted by atomic mass is 9.96. The second kappa shape index (κ2) is 24.9. The van der Waals surface area contributed by atoms with E-state index in [1.165, 1.54) is 116 Å². The van der Waals surface area contributed by atoms with Crippen molar-refractivity contribution in [3.05, 3.63) is 0 Å². The molecule has 0 saturated heterocycles. The van der Waals surface area contributed by atoms with E-state index in [9.17, 15) is 14.7 Å². The van der Waals surface area contributed by atoms with Crippen molar-refractivity contribution < 1.29 is 23.9 Å². The van der Waals surface area contributed by atoms with Gasteiger partial charge in [-0.2, -0.15) is 0 Å². The normalized spacial score (nSPS) is 13.4. The third kappa shape index (κ3) is 27.9. The fraction of sp³-hybridized carbons (Fsp3) is 0.939. The van der Waals surface area contributed by atoms with Crippen molar-refractivity contribution in [2.45, 2.75) is 168 Å². The van der Waals surface area contributed by atoms with Gasteiger partial charge in [-0.1, -0.05) is 142 Å². The number of rotatable bonds is 28. The molecule has 0 rings (SSSR count). The van der Waals surface area contributed by atoms with Crippen LogP contribution >= 0.6 is 0 Å². The summed E-state index contributed by atoms with van der Waals surface area (Å²) in [6.07, 6.45) is 27.7. The van der Waals surface area contributed by atoms with Gasteiger partial charge in [0.25, 0.3) is 0 Å². The van der Waals surface area contributed by atoms with Crippen LogP contribution in [0.3, 0.4) is 0 Å². The van der Waals surface area contributed by atoms with Gasteiger partial charge in [0.15, 0.2) is 6.10 Å². The molecular formula is C33H65NO4. The van der Waals surface area contributed by atoms with E-state index < -0.39 is 12.1 Å². The molecule has 38 heavy (non-hydrogen) atoms. The first-order valence-electron chi connectivity index (χ1n) is 16.3. The molecule has 0 N–H and O–H groups in total. The molecule has 0 aromatic carbocycles. The number of carbonyl (C=O) groups is 2. The zero-order valence-electron chi connectivity index (χ0n) is 26.2. The minimum atomic E-state index is -1.17. The number of unbranched alkanes of at least 4 members (excludes halogenated alkanes) is 17. The number of likely N-dealkylation sites (N-methyl/N-ethyl adjacent to an activating group) is 1. The van der Waals surface area contributed by atoms with Crippen LogP contribution in [0, 0.1) is 5.92 Å². The fourth-order valence-corrected chi connectivity index (χ4v) is 5.31. The van der Waals surface area contributed by atoms with E-state index in [1.807, 2.05) is 21.1 Å². The maximum atomic E-state index is 12.2. The minimum absolute atomic E-state index is 0.238. The average Bonchev–Trinajstić information content (AvgIpc) is 2.82. The number of aliphatic carboxylic acids is 1. The van der Waals surface area contributed by atoms with Gasteiger partial charge in [-0.3, -0.25) is 4.79 Å². The second-order valence-corrected chi connectivity index (χ2v) is 13.0. The molecular weight excluding hydrogens is 474 g/mol. The molecule has 226 valence electrons. The van der Waals surface area contributed by atoms with Crippen molar-refractivity contribution in [3.8, 4) is 0 Å². The van der Waals surface area contributed by atoms with Gasteiger partial charge in [-0.05, 0) is 12.3 Å². The SMILES string of the molecule is CCCCCCCCCCCCCCCCCCCC(C)CCCCC(=O)OC(CC(=O)[O-])C[N+](C)(C)C. The van der Waals surface area contributed by atoms with Gasteiger partial charge in [0, 0.05) is 18.8 Å². The molecule has 5 heteroatoms. The molecule has 0 aliphatic rings. The third-order valence-electron chi connectivity index (χ3n) is 7.57. The summed E-state index contributed by atoms with van der Waals surface area (Å²) in [7, 11) is 5.87. The summed E-state index contributed by atoms with van der Waals surface area (Å²) < 4.78 is 5.98. The Balaban J connectivity index is 3.53. The van der Waals surface area contributed by atoms with Crippen LogP contribution in [0.5, 0.6) is 0 Å². The molecule has 2 unspecified atom stereocenters. The zero-order valence-corrected chi connectivity index (χ0v) is 26.2. The highest BCUT2D eigenvalue weighted by atomic mass is 16.5. The lowest BCUT2D eigenvalue weighted by Crippen LogP contribution is -2.45. The Kier molecular flexibility index (Phi) is 24.2. The molecule has 0 aliphatic heterocycles. The summed E-state index contributed by atoms with van der Waals surface area (Å²) in [4.78, 5) is 23.1. The molecule has 0 amide bonds. The van der Waals surface area contributed by atoms with Crippen LogP contribution in [-0.2, 0) is 14.3 Å². The number of quaternary nitrogens is 1. The number of carboxylic acids is 1. The molecule has 0 aromatic heterocycles. The van der Waals surface area contributed by atoms with Crippen LogP contribution < -0.4 is 5.11 Å². The van der Waals surface area contributed by atoms with Crippen molar-refractivity contribution in [2.75, 3.05) is 27.7 Å². The maximum Gasteiger partial charge on any atom is 0.306 e. The average molecular weight is 540 g/mol. The molecule has 0 aromatic rings. The topological polar surface area (TPSA) is 66.4 Å². The largest absolute Gasteiger partial charge is 0.550 e. The van der Waals surface area contributed by atoms with E-state index in [0.29, 0.717) is 23.4 Å². The van der Waals surface area contributed by atoms with Crippen LogP contribution in [0.1, 0.15) is 162 Å². The Hall–Kier alpha value is -1.10. The van der Waals surface area contributed by atoms with Gasteiger partial charge in [-0.25, -0.2) is 0 Å². The number of ether oxygens (including phenoxy) is 1. The number of hydrogen-bond donors (Lipinski definition) is 0. The summed E-state index contributed by atoms with van der Waals surface area (Å²) in [6.45, 7) is 5.08. The smallest absolute Gasteiger partial charge is 0.306 e. The van der Waals surface area contributed by atoms with Gasteiger partial charge in [0.2, 0.25) is 0 Å². The Morgan fingerprint density at radius 3 is 1.45 bits per heavy atom. The number of esters is 1. The van der Waals surface area contributed by atoms with Crippen molar-refractivity contribution in [3.63, 3.8) is 0 Å². The molecule has 0 saturated carbocycles. The zero-order chi connectivity index (χ0) is 28.5. The summed E-state index contributed by atoms with van der Waals surface area (Å²) in [5.41, 5.74) is 0. The highest BCUT2D eigenvalue weighted by Gasteiger charge is 2.22. The Morgan fingerprint density at radius 2 is 1.05 bits per heavy atom. The van der Waals surface area contributed by atoms with E-state index in [-0.39, 0.29) is 12.4 Å². The first-order valence-corrected chi connectivity index (χ1v) is 16.3. The van der Waals surface area contributed by atoms with E-state index in [0.717, 1.165) is 19.3 Å². The van der Waals surface area contributed by atoms with Crippen LogP contribution in [0.25, 0.3) is 0 Å². The summed E-state index contributed by atoms with van der Waals surface area (Å²) in [6, 6.07) is 0. The van der Waals surface area contributed by atoms with Crippen molar-refractivity contribution >= 4 is 11.9 Å². The molecule has 0 bridgehead atoms. The van der Waals surface area contributed by atoms with Gasteiger partial charge in [0.1, 0.15) is 6.54 Å². The first kappa shape index (κ1) is 36.9. The summed E-state index contributed by atoms with van der Waals surface area (Å²) in [5, 5.41) is 11.0. The third-order valence-corrected chi connectivity index (χ3v) is 7.57. The standard InChI is InChI=1S/C33H65NO4/c1-6-7-8-9-10-11-12-13-14-15-16-17-18-19-20-21-22-25-30(2)26-23-24-27-33(37)38-31(28-32(35)36)29-34(3,4)5/h30-31H,6-29H2,1-5H3. The van der Waals surface area contributed by atoms with Gasteiger partial charge in [-0.15, -0.1) is 0 Å². The van der Waals surface area contributed by atoms with E-state index >= 15 is 0 Å². The van der Waals surface area contributed by atoms with Crippen LogP contribution in [0.2, 0.25) is 0 Å². The number of hydrogen-bond acceptors (Lipinski definition) is 4. The molecule has 5 nitrogen and oxygen atoms in total. The maximum absolute atomic E-state index is 12.2. The van der Waals surface area contributed by atoms with Gasteiger partial charge >= 0.3 is 5.97 Å².